The maximum Gasteiger partial charge on any atom is 0.338 e. The lowest BCUT2D eigenvalue weighted by atomic mass is 10.2. The molecule has 0 saturated heterocycles. The average molecular weight is 343 g/mol. The second-order valence-electron chi connectivity index (χ2n) is 5.35. The number of hydrogen-bond acceptors (Lipinski definition) is 6. The predicted octanol–water partition coefficient (Wildman–Crippen LogP) is 0.739. The fraction of sp³-hybridized carbons (Fsp3) is 0.250. The van der Waals surface area contributed by atoms with E-state index >= 15 is 0 Å². The highest BCUT2D eigenvalue weighted by Crippen LogP contribution is 2.12. The molecule has 9 nitrogen and oxygen atoms in total. The van der Waals surface area contributed by atoms with Gasteiger partial charge in [0.25, 0.3) is 5.56 Å². The van der Waals surface area contributed by atoms with E-state index in [0.29, 0.717) is 30.2 Å². The molecule has 2 aromatic heterocycles. The molecule has 130 valence electrons. The van der Waals surface area contributed by atoms with Crippen LogP contribution in [0.2, 0.25) is 0 Å². The van der Waals surface area contributed by atoms with Crippen LogP contribution in [0.1, 0.15) is 23.1 Å². The van der Waals surface area contributed by atoms with Gasteiger partial charge < -0.3 is 15.0 Å². The van der Waals surface area contributed by atoms with Gasteiger partial charge in [-0.15, -0.1) is 0 Å². The standard InChI is InChI=1S/C16H17N5O4/c1-3-25-15(23)9-4-6-10(7-5-9)17-8-11-18-12-13(19-11)21(2)16(24)20-14(12)22/h4-7,17H,3,8H2,1-2H3,(H,18,19)(H,20,22,24). The number of imidazole rings is 1. The van der Waals surface area contributed by atoms with E-state index in [9.17, 15) is 14.4 Å². The number of nitrogens with one attached hydrogen (secondary N) is 3. The summed E-state index contributed by atoms with van der Waals surface area (Å²) in [6, 6.07) is 6.82. The minimum atomic E-state index is -0.516. The van der Waals surface area contributed by atoms with Gasteiger partial charge in [-0.25, -0.2) is 14.6 Å². The van der Waals surface area contributed by atoms with Crippen LogP contribution in [0.3, 0.4) is 0 Å². The van der Waals surface area contributed by atoms with Crippen molar-refractivity contribution in [2.75, 3.05) is 11.9 Å². The topological polar surface area (TPSA) is 122 Å². The molecule has 3 N–H and O–H groups in total. The number of carbonyl (C=O) groups excluding carboxylic acids is 1. The van der Waals surface area contributed by atoms with E-state index in [-0.39, 0.29) is 11.5 Å². The lowest BCUT2D eigenvalue weighted by Gasteiger charge is -2.06. The second-order valence-corrected chi connectivity index (χ2v) is 5.35. The Morgan fingerprint density at radius 1 is 1.24 bits per heavy atom. The molecular weight excluding hydrogens is 326 g/mol. The number of anilines is 1. The summed E-state index contributed by atoms with van der Waals surface area (Å²) in [6.07, 6.45) is 0. The van der Waals surface area contributed by atoms with Crippen LogP contribution in [0.25, 0.3) is 11.2 Å². The van der Waals surface area contributed by atoms with E-state index in [0.717, 1.165) is 5.69 Å². The van der Waals surface area contributed by atoms with E-state index in [1.165, 1.54) is 11.6 Å². The van der Waals surface area contributed by atoms with E-state index in [2.05, 4.69) is 20.3 Å². The highest BCUT2D eigenvalue weighted by molar-refractivity contribution is 5.89. The van der Waals surface area contributed by atoms with Crippen LogP contribution in [-0.2, 0) is 18.3 Å². The van der Waals surface area contributed by atoms with Crippen molar-refractivity contribution < 1.29 is 9.53 Å². The Hall–Kier alpha value is -3.36. The highest BCUT2D eigenvalue weighted by atomic mass is 16.5. The van der Waals surface area contributed by atoms with E-state index in [1.54, 1.807) is 31.2 Å². The van der Waals surface area contributed by atoms with E-state index < -0.39 is 11.2 Å². The number of ether oxygens (including phenoxy) is 1. The summed E-state index contributed by atoms with van der Waals surface area (Å²) in [4.78, 5) is 44.4. The van der Waals surface area contributed by atoms with Crippen LogP contribution < -0.4 is 16.6 Å². The molecule has 0 aliphatic heterocycles. The van der Waals surface area contributed by atoms with Crippen molar-refractivity contribution in [2.45, 2.75) is 13.5 Å². The Morgan fingerprint density at radius 3 is 2.64 bits per heavy atom. The maximum atomic E-state index is 11.8. The number of hydrogen-bond donors (Lipinski definition) is 3. The molecule has 0 saturated carbocycles. The van der Waals surface area contributed by atoms with Gasteiger partial charge in [-0.05, 0) is 31.2 Å². The number of H-pyrrole nitrogens is 2. The molecule has 0 amide bonds. The first kappa shape index (κ1) is 16.5. The van der Waals surface area contributed by atoms with Gasteiger partial charge in [0, 0.05) is 12.7 Å². The molecule has 3 aromatic rings. The molecule has 0 aliphatic carbocycles. The normalized spacial score (nSPS) is 10.8. The van der Waals surface area contributed by atoms with Crippen LogP contribution in [0, 0.1) is 0 Å². The summed E-state index contributed by atoms with van der Waals surface area (Å²) in [5, 5.41) is 3.13. The minimum Gasteiger partial charge on any atom is -0.462 e. The zero-order valence-corrected chi connectivity index (χ0v) is 13.8. The fourth-order valence-electron chi connectivity index (χ4n) is 2.36. The van der Waals surface area contributed by atoms with Crippen LogP contribution in [0.15, 0.2) is 33.9 Å². The van der Waals surface area contributed by atoms with Gasteiger partial charge in [0.1, 0.15) is 11.3 Å². The average Bonchev–Trinajstić information content (AvgIpc) is 3.04. The number of nitrogens with zero attached hydrogens (tertiary/aromatic N) is 2. The molecule has 1 aromatic carbocycles. The predicted molar refractivity (Wildman–Crippen MR) is 91.7 cm³/mol. The van der Waals surface area contributed by atoms with Crippen molar-refractivity contribution in [3.8, 4) is 0 Å². The molecule has 0 aliphatic rings. The van der Waals surface area contributed by atoms with Crippen molar-refractivity contribution in [1.82, 2.24) is 19.5 Å². The molecule has 9 heteroatoms. The molecule has 0 radical (unpaired) electrons. The van der Waals surface area contributed by atoms with Crippen molar-refractivity contribution in [3.63, 3.8) is 0 Å². The maximum absolute atomic E-state index is 11.8. The molecule has 0 bridgehead atoms. The second kappa shape index (κ2) is 6.63. The van der Waals surface area contributed by atoms with Crippen LogP contribution in [0.5, 0.6) is 0 Å². The number of aromatic amines is 2. The molecule has 25 heavy (non-hydrogen) atoms. The zero-order chi connectivity index (χ0) is 18.0. The lowest BCUT2D eigenvalue weighted by Crippen LogP contribution is -2.28. The van der Waals surface area contributed by atoms with Crippen LogP contribution in [-0.4, -0.2) is 32.1 Å². The number of esters is 1. The number of aromatic nitrogens is 4. The van der Waals surface area contributed by atoms with Crippen LogP contribution >= 0.6 is 0 Å². The lowest BCUT2D eigenvalue weighted by molar-refractivity contribution is 0.0526. The third kappa shape index (κ3) is 3.30. The molecular formula is C16H17N5O4. The minimum absolute atomic E-state index is 0.247. The van der Waals surface area contributed by atoms with Gasteiger partial charge in [0.15, 0.2) is 5.65 Å². The van der Waals surface area contributed by atoms with Gasteiger partial charge in [-0.2, -0.15) is 0 Å². The Bertz CT molecular complexity index is 1030. The van der Waals surface area contributed by atoms with Crippen molar-refractivity contribution >= 4 is 22.8 Å². The molecule has 0 fully saturated rings. The van der Waals surface area contributed by atoms with Crippen molar-refractivity contribution in [3.05, 3.63) is 56.5 Å². The Morgan fingerprint density at radius 2 is 1.96 bits per heavy atom. The van der Waals surface area contributed by atoms with Gasteiger partial charge in [-0.3, -0.25) is 14.3 Å². The zero-order valence-electron chi connectivity index (χ0n) is 13.8. The molecule has 0 spiro atoms. The van der Waals surface area contributed by atoms with Crippen molar-refractivity contribution in [2.24, 2.45) is 7.05 Å². The number of fused-ring (bicyclic) bond motifs is 1. The Labute approximate surface area is 141 Å². The highest BCUT2D eigenvalue weighted by Gasteiger charge is 2.11. The van der Waals surface area contributed by atoms with Gasteiger partial charge in [0.05, 0.1) is 18.7 Å². The summed E-state index contributed by atoms with van der Waals surface area (Å²) >= 11 is 0. The first-order chi connectivity index (χ1) is 12.0. The Balaban J connectivity index is 1.76. The number of benzene rings is 1. The third-order valence-corrected chi connectivity index (χ3v) is 3.66. The van der Waals surface area contributed by atoms with E-state index in [4.69, 9.17) is 4.74 Å². The third-order valence-electron chi connectivity index (χ3n) is 3.66. The number of carbonyl (C=O) groups is 1. The van der Waals surface area contributed by atoms with Gasteiger partial charge >= 0.3 is 11.7 Å². The summed E-state index contributed by atoms with van der Waals surface area (Å²) in [6.45, 7) is 2.40. The number of rotatable bonds is 5. The van der Waals surface area contributed by atoms with Gasteiger partial charge in [-0.1, -0.05) is 0 Å². The molecule has 0 atom stereocenters. The fourth-order valence-corrected chi connectivity index (χ4v) is 2.36. The molecule has 0 unspecified atom stereocenters. The van der Waals surface area contributed by atoms with Gasteiger partial charge in [0.2, 0.25) is 0 Å². The summed E-state index contributed by atoms with van der Waals surface area (Å²) in [7, 11) is 1.53. The van der Waals surface area contributed by atoms with Crippen LogP contribution in [0.4, 0.5) is 5.69 Å². The smallest absolute Gasteiger partial charge is 0.338 e. The van der Waals surface area contributed by atoms with E-state index in [1.807, 2.05) is 0 Å². The molecule has 2 heterocycles. The van der Waals surface area contributed by atoms with Crippen molar-refractivity contribution in [1.29, 1.82) is 0 Å². The molecule has 3 rings (SSSR count). The SMILES string of the molecule is CCOC(=O)c1ccc(NCc2nc3c([nH]2)c(=O)[nH]c(=O)n3C)cc1. The first-order valence-corrected chi connectivity index (χ1v) is 7.68. The summed E-state index contributed by atoms with van der Waals surface area (Å²) in [5.74, 6) is 0.141. The number of aryl methyl sites for hydroxylation is 1. The Kier molecular flexibility index (Phi) is 4.38. The monoisotopic (exact) mass is 343 g/mol. The quantitative estimate of drug-likeness (QED) is 0.587. The first-order valence-electron chi connectivity index (χ1n) is 7.68. The summed E-state index contributed by atoms with van der Waals surface area (Å²) < 4.78 is 6.20. The largest absolute Gasteiger partial charge is 0.462 e. The summed E-state index contributed by atoms with van der Waals surface area (Å²) in [5.41, 5.74) is 0.766.